The quantitative estimate of drug-likeness (QED) is 0.232. The average Bonchev–Trinajstić information content (AvgIpc) is 2.91. The molecule has 0 aliphatic carbocycles. The second-order valence-electron chi connectivity index (χ2n) is 10.5. The fourth-order valence-corrected chi connectivity index (χ4v) is 3.83. The highest BCUT2D eigenvalue weighted by molar-refractivity contribution is 5.84. The summed E-state index contributed by atoms with van der Waals surface area (Å²) in [6.45, 7) is 5.27. The molecule has 0 saturated carbocycles. The van der Waals surface area contributed by atoms with Gasteiger partial charge in [0, 0.05) is 11.8 Å². The summed E-state index contributed by atoms with van der Waals surface area (Å²) in [6, 6.07) is 5.84. The molecule has 0 aromatic carbocycles. The number of alkyl halides is 4. The van der Waals surface area contributed by atoms with E-state index >= 15 is 0 Å². The molecule has 0 spiro atoms. The van der Waals surface area contributed by atoms with Gasteiger partial charge in [0.05, 0.1) is 18.3 Å². The zero-order chi connectivity index (χ0) is 31.4. The molecule has 10 nitrogen and oxygen atoms in total. The normalized spacial score (nSPS) is 14.1. The average molecular weight is 590 g/mol. The van der Waals surface area contributed by atoms with Crippen LogP contribution in [0.3, 0.4) is 0 Å². The van der Waals surface area contributed by atoms with Crippen molar-refractivity contribution < 1.29 is 41.7 Å². The first-order valence-corrected chi connectivity index (χ1v) is 12.8. The highest BCUT2D eigenvalue weighted by atomic mass is 19.3. The number of hydrogen-bond donors (Lipinski definition) is 4. The number of ether oxygens (including phenoxy) is 2. The summed E-state index contributed by atoms with van der Waals surface area (Å²) in [7, 11) is 1.20. The molecule has 0 saturated heterocycles. The molecule has 0 fully saturated rings. The minimum atomic E-state index is -2.92. The number of aromatic nitrogens is 2. The maximum atomic E-state index is 13.6. The first-order valence-electron chi connectivity index (χ1n) is 12.8. The van der Waals surface area contributed by atoms with Gasteiger partial charge >= 0.3 is 12.1 Å². The molecule has 41 heavy (non-hydrogen) atoms. The number of nitrogens with one attached hydrogen (secondary N) is 1. The zero-order valence-electron chi connectivity index (χ0n) is 23.8. The number of rotatable bonds is 13. The van der Waals surface area contributed by atoms with Crippen LogP contribution in [0, 0.1) is 11.8 Å². The molecule has 1 amide bonds. The van der Waals surface area contributed by atoms with Crippen LogP contribution in [-0.2, 0) is 9.53 Å². The Hall–Kier alpha value is -3.52. The number of carboxylic acid groups (broad SMARTS) is 1. The number of halogens is 4. The summed E-state index contributed by atoms with van der Waals surface area (Å²) in [5.74, 6) is -1.06. The zero-order valence-corrected chi connectivity index (χ0v) is 23.8. The molecule has 0 radical (unpaired) electrons. The number of carbonyl (C=O) groups excluding carboxylic acids is 1. The number of aliphatic carboxylic acids is 1. The van der Waals surface area contributed by atoms with E-state index in [9.17, 15) is 27.2 Å². The molecule has 230 valence electrons. The summed E-state index contributed by atoms with van der Waals surface area (Å²) < 4.78 is 62.7. The topological polar surface area (TPSA) is 163 Å². The molecule has 14 heteroatoms. The first kappa shape index (κ1) is 35.5. The van der Waals surface area contributed by atoms with E-state index in [-0.39, 0.29) is 42.1 Å². The molecule has 0 unspecified atom stereocenters. The maximum Gasteiger partial charge on any atom is 0.412 e. The number of carbonyl (C=O) groups is 2. The fourth-order valence-electron chi connectivity index (χ4n) is 3.83. The third kappa shape index (κ3) is 11.5. The minimum absolute atomic E-state index is 0.0897. The van der Waals surface area contributed by atoms with Crippen LogP contribution in [0.25, 0.3) is 11.3 Å². The number of nitrogens with zero attached hydrogens (tertiary/aromatic N) is 2. The first-order chi connectivity index (χ1) is 19.1. The van der Waals surface area contributed by atoms with E-state index < -0.39 is 48.6 Å². The van der Waals surface area contributed by atoms with Crippen LogP contribution in [0.5, 0.6) is 5.75 Å². The Morgan fingerprint density at radius 2 is 1.68 bits per heavy atom. The van der Waals surface area contributed by atoms with E-state index in [2.05, 4.69) is 20.0 Å². The van der Waals surface area contributed by atoms with Crippen molar-refractivity contribution in [2.75, 3.05) is 32.4 Å². The lowest BCUT2D eigenvalue weighted by atomic mass is 9.91. The lowest BCUT2D eigenvalue weighted by molar-refractivity contribution is -0.144. The Morgan fingerprint density at radius 3 is 2.15 bits per heavy atom. The van der Waals surface area contributed by atoms with Gasteiger partial charge in [0.2, 0.25) is 0 Å². The lowest BCUT2D eigenvalue weighted by Crippen LogP contribution is -2.51. The van der Waals surface area contributed by atoms with E-state index in [4.69, 9.17) is 21.3 Å². The number of amides is 1. The maximum absolute atomic E-state index is 13.6. The molecule has 0 aliphatic rings. The molecule has 2 heterocycles. The molecule has 0 bridgehead atoms. The number of methoxy groups -OCH3 is 1. The molecular formula is C27H39F4N5O5. The van der Waals surface area contributed by atoms with Crippen LogP contribution >= 0.6 is 0 Å². The number of nitrogens with two attached hydrogens (primary N) is 2. The number of anilines is 1. The Morgan fingerprint density at radius 1 is 1.05 bits per heavy atom. The van der Waals surface area contributed by atoms with E-state index in [1.807, 2.05) is 13.8 Å². The molecule has 2 aromatic heterocycles. The van der Waals surface area contributed by atoms with Crippen molar-refractivity contribution in [2.45, 2.75) is 58.0 Å². The van der Waals surface area contributed by atoms with E-state index in [1.165, 1.54) is 31.5 Å². The number of hydrogen-bond acceptors (Lipinski definition) is 8. The van der Waals surface area contributed by atoms with Gasteiger partial charge in [-0.1, -0.05) is 27.7 Å². The molecule has 2 aromatic rings. The highest BCUT2D eigenvalue weighted by Gasteiger charge is 2.34. The van der Waals surface area contributed by atoms with Crippen LogP contribution in [0.4, 0.5) is 28.2 Å². The van der Waals surface area contributed by atoms with Crippen LogP contribution < -0.4 is 21.5 Å². The van der Waals surface area contributed by atoms with Crippen LogP contribution in [0.1, 0.15) is 52.7 Å². The van der Waals surface area contributed by atoms with Crippen LogP contribution in [-0.4, -0.2) is 65.3 Å². The molecular weight excluding hydrogens is 550 g/mol. The van der Waals surface area contributed by atoms with Crippen molar-refractivity contribution >= 4 is 17.9 Å². The van der Waals surface area contributed by atoms with E-state index in [0.29, 0.717) is 12.0 Å². The smallest absolute Gasteiger partial charge is 0.412 e. The predicted molar refractivity (Wildman–Crippen MR) is 146 cm³/mol. The van der Waals surface area contributed by atoms with Gasteiger partial charge < -0.3 is 26.0 Å². The standard InChI is InChI=1S/C20H25F3N4O3.C7H14FNO2/c1-12(2)9-20(24,10-21)11-30-15-5-4-14(26-17(15)18(22)23)13-6-7-25-16(8-13)27-19(28)29-3;1-5(2)3-7(9,4-8)6(10)11/h4-8,12,18H,9-11,24H2,1-3H3,(H,25,27,28);5H,3-4,9H2,1-2H3,(H,10,11)/t20-;7-/m00/s1. The minimum Gasteiger partial charge on any atom is -0.489 e. The molecule has 2 atom stereocenters. The summed E-state index contributed by atoms with van der Waals surface area (Å²) in [6.07, 6.45) is -1.74. The SMILES string of the molecule is CC(C)C[C@](N)(CF)C(=O)O.COC(=O)Nc1cc(-c2ccc(OC[C@@](N)(CF)CC(C)C)c(C(F)F)n2)ccn1. The summed E-state index contributed by atoms with van der Waals surface area (Å²) in [5, 5.41) is 10.9. The van der Waals surface area contributed by atoms with Gasteiger partial charge in [-0.15, -0.1) is 0 Å². The van der Waals surface area contributed by atoms with Crippen molar-refractivity contribution in [3.8, 4) is 17.0 Å². The summed E-state index contributed by atoms with van der Waals surface area (Å²) in [4.78, 5) is 29.7. The van der Waals surface area contributed by atoms with Crippen LogP contribution in [0.2, 0.25) is 0 Å². The van der Waals surface area contributed by atoms with Crippen molar-refractivity contribution in [3.05, 3.63) is 36.2 Å². The van der Waals surface area contributed by atoms with Gasteiger partial charge in [0.25, 0.3) is 6.43 Å². The predicted octanol–water partition coefficient (Wildman–Crippen LogP) is 5.14. The largest absolute Gasteiger partial charge is 0.489 e. The monoisotopic (exact) mass is 589 g/mol. The van der Waals surface area contributed by atoms with Crippen molar-refractivity contribution in [2.24, 2.45) is 23.3 Å². The van der Waals surface area contributed by atoms with Gasteiger partial charge in [-0.3, -0.25) is 10.1 Å². The number of carboxylic acids is 1. The summed E-state index contributed by atoms with van der Waals surface area (Å²) in [5.41, 5.74) is 8.39. The summed E-state index contributed by atoms with van der Waals surface area (Å²) >= 11 is 0. The Bertz CT molecular complexity index is 1140. The van der Waals surface area contributed by atoms with Gasteiger partial charge in [0.1, 0.15) is 42.8 Å². The molecule has 6 N–H and O–H groups in total. The van der Waals surface area contributed by atoms with Gasteiger partial charge in [-0.25, -0.2) is 32.3 Å². The van der Waals surface area contributed by atoms with Crippen LogP contribution in [0.15, 0.2) is 30.5 Å². The third-order valence-corrected chi connectivity index (χ3v) is 5.60. The Labute approximate surface area is 236 Å². The molecule has 2 rings (SSSR count). The van der Waals surface area contributed by atoms with Crippen molar-refractivity contribution in [1.29, 1.82) is 0 Å². The Kier molecular flexibility index (Phi) is 13.9. The second kappa shape index (κ2) is 16.1. The van der Waals surface area contributed by atoms with Gasteiger partial charge in [-0.2, -0.15) is 0 Å². The van der Waals surface area contributed by atoms with Gasteiger partial charge in [0.15, 0.2) is 0 Å². The van der Waals surface area contributed by atoms with Crippen molar-refractivity contribution in [3.63, 3.8) is 0 Å². The Balaban J connectivity index is 0.000000646. The second-order valence-corrected chi connectivity index (χ2v) is 10.5. The van der Waals surface area contributed by atoms with Gasteiger partial charge in [-0.05, 0) is 48.9 Å². The van der Waals surface area contributed by atoms with E-state index in [1.54, 1.807) is 19.9 Å². The number of pyridine rings is 2. The molecule has 0 aliphatic heterocycles. The highest BCUT2D eigenvalue weighted by Crippen LogP contribution is 2.31. The van der Waals surface area contributed by atoms with E-state index in [0.717, 1.165) is 0 Å². The lowest BCUT2D eigenvalue weighted by Gasteiger charge is -2.28. The fraction of sp³-hybridized carbons (Fsp3) is 0.556. The third-order valence-electron chi connectivity index (χ3n) is 5.60. The van der Waals surface area contributed by atoms with Crippen molar-refractivity contribution in [1.82, 2.24) is 9.97 Å².